The highest BCUT2D eigenvalue weighted by Crippen LogP contribution is 2.33. The Morgan fingerprint density at radius 1 is 0.952 bits per heavy atom. The van der Waals surface area contributed by atoms with E-state index < -0.39 is 11.4 Å². The standard InChI is InChI=1S/C16H15NO3S/c1-19-15-10-12-8-9-17(14(12)11-16(15)20-2)21(18)13-6-4-3-5-7-13/h3-11H,1-2H3. The number of methoxy groups -OCH3 is 2. The van der Waals surface area contributed by atoms with Crippen LogP contribution in [-0.2, 0) is 11.4 Å². The zero-order chi connectivity index (χ0) is 14.8. The fraction of sp³-hybridized carbons (Fsp3) is 0.125. The molecule has 5 heteroatoms. The van der Waals surface area contributed by atoms with Gasteiger partial charge in [-0.1, -0.05) is 18.2 Å². The average molecular weight is 301 g/mol. The molecule has 108 valence electrons. The van der Waals surface area contributed by atoms with Gasteiger partial charge in [0, 0.05) is 11.5 Å². The SMILES string of the molecule is COc1cc2ccn([S+]([O-])c3ccccc3)c2cc1OC. The maximum absolute atomic E-state index is 12.7. The number of hydrogen-bond donors (Lipinski definition) is 0. The zero-order valence-corrected chi connectivity index (χ0v) is 12.6. The van der Waals surface area contributed by atoms with Crippen LogP contribution < -0.4 is 9.47 Å². The highest BCUT2D eigenvalue weighted by molar-refractivity contribution is 7.90. The second kappa shape index (κ2) is 5.71. The summed E-state index contributed by atoms with van der Waals surface area (Å²) in [6, 6.07) is 15.0. The van der Waals surface area contributed by atoms with Crippen molar-refractivity contribution in [3.05, 3.63) is 54.7 Å². The number of rotatable bonds is 4. The molecule has 0 saturated heterocycles. The van der Waals surface area contributed by atoms with Gasteiger partial charge in [0.25, 0.3) is 0 Å². The van der Waals surface area contributed by atoms with Crippen LogP contribution in [0.5, 0.6) is 11.5 Å². The molecule has 0 radical (unpaired) electrons. The average Bonchev–Trinajstić information content (AvgIpc) is 2.96. The Kier molecular flexibility index (Phi) is 3.77. The van der Waals surface area contributed by atoms with Crippen LogP contribution in [0.1, 0.15) is 0 Å². The molecule has 3 rings (SSSR count). The first-order valence-corrected chi connectivity index (χ1v) is 7.55. The van der Waals surface area contributed by atoms with Crippen molar-refractivity contribution in [2.45, 2.75) is 4.90 Å². The molecule has 0 aliphatic rings. The normalized spacial score (nSPS) is 12.3. The van der Waals surface area contributed by atoms with Crippen molar-refractivity contribution in [3.63, 3.8) is 0 Å². The molecule has 2 aromatic carbocycles. The van der Waals surface area contributed by atoms with Gasteiger partial charge < -0.3 is 14.0 Å². The van der Waals surface area contributed by atoms with Crippen molar-refractivity contribution in [1.29, 1.82) is 0 Å². The van der Waals surface area contributed by atoms with E-state index in [1.807, 2.05) is 54.7 Å². The first-order chi connectivity index (χ1) is 10.2. The fourth-order valence-electron chi connectivity index (χ4n) is 2.23. The van der Waals surface area contributed by atoms with E-state index in [9.17, 15) is 4.55 Å². The van der Waals surface area contributed by atoms with Crippen LogP contribution >= 0.6 is 0 Å². The van der Waals surface area contributed by atoms with E-state index in [-0.39, 0.29) is 0 Å². The summed E-state index contributed by atoms with van der Waals surface area (Å²) in [5.74, 6) is 1.28. The van der Waals surface area contributed by atoms with Crippen molar-refractivity contribution >= 4 is 22.3 Å². The van der Waals surface area contributed by atoms with Crippen LogP contribution in [0.25, 0.3) is 10.9 Å². The minimum absolute atomic E-state index is 0.620. The number of ether oxygens (including phenoxy) is 2. The van der Waals surface area contributed by atoms with Crippen LogP contribution in [0.3, 0.4) is 0 Å². The molecule has 0 bridgehead atoms. The van der Waals surface area contributed by atoms with Gasteiger partial charge in [0.15, 0.2) is 16.4 Å². The lowest BCUT2D eigenvalue weighted by Gasteiger charge is -2.12. The van der Waals surface area contributed by atoms with Crippen LogP contribution in [-0.4, -0.2) is 22.7 Å². The van der Waals surface area contributed by atoms with Crippen LogP contribution in [0.15, 0.2) is 59.6 Å². The smallest absolute Gasteiger partial charge is 0.180 e. The van der Waals surface area contributed by atoms with Gasteiger partial charge in [0.1, 0.15) is 16.9 Å². The van der Waals surface area contributed by atoms with Gasteiger partial charge in [0.2, 0.25) is 0 Å². The second-order valence-corrected chi connectivity index (χ2v) is 5.83. The first-order valence-electron chi connectivity index (χ1n) is 6.45. The molecule has 4 nitrogen and oxygen atoms in total. The topological polar surface area (TPSA) is 46.5 Å². The zero-order valence-electron chi connectivity index (χ0n) is 11.8. The third-order valence-corrected chi connectivity index (χ3v) is 4.63. The number of aromatic nitrogens is 1. The Balaban J connectivity index is 2.11. The molecule has 1 atom stereocenters. The van der Waals surface area contributed by atoms with Gasteiger partial charge in [0.05, 0.1) is 20.4 Å². The van der Waals surface area contributed by atoms with Crippen molar-refractivity contribution < 1.29 is 14.0 Å². The van der Waals surface area contributed by atoms with Crippen molar-refractivity contribution in [1.82, 2.24) is 3.97 Å². The molecule has 1 aromatic heterocycles. The second-order valence-electron chi connectivity index (χ2n) is 4.47. The minimum Gasteiger partial charge on any atom is -0.587 e. The van der Waals surface area contributed by atoms with Gasteiger partial charge >= 0.3 is 0 Å². The Hall–Kier alpha value is -2.11. The molecule has 0 spiro atoms. The van der Waals surface area contributed by atoms with Gasteiger partial charge in [-0.3, -0.25) is 0 Å². The molecule has 0 fully saturated rings. The summed E-state index contributed by atoms with van der Waals surface area (Å²) >= 11 is -1.29. The number of nitrogens with zero attached hydrogens (tertiary/aromatic N) is 1. The quantitative estimate of drug-likeness (QED) is 0.695. The highest BCUT2D eigenvalue weighted by Gasteiger charge is 2.18. The largest absolute Gasteiger partial charge is 0.587 e. The summed E-state index contributed by atoms with van der Waals surface area (Å²) in [5, 5.41) is 0.955. The molecule has 0 amide bonds. The third kappa shape index (κ3) is 2.46. The number of benzene rings is 2. The van der Waals surface area contributed by atoms with E-state index in [0.29, 0.717) is 11.5 Å². The molecule has 0 N–H and O–H groups in total. The molecule has 3 aromatic rings. The van der Waals surface area contributed by atoms with Gasteiger partial charge in [-0.25, -0.2) is 0 Å². The third-order valence-electron chi connectivity index (χ3n) is 3.28. The lowest BCUT2D eigenvalue weighted by Crippen LogP contribution is -2.11. The molecular weight excluding hydrogens is 286 g/mol. The maximum Gasteiger partial charge on any atom is 0.180 e. The van der Waals surface area contributed by atoms with Crippen molar-refractivity contribution in [3.8, 4) is 11.5 Å². The molecule has 21 heavy (non-hydrogen) atoms. The lowest BCUT2D eigenvalue weighted by atomic mass is 10.2. The Morgan fingerprint density at radius 2 is 1.62 bits per heavy atom. The van der Waals surface area contributed by atoms with Crippen LogP contribution in [0.4, 0.5) is 0 Å². The van der Waals surface area contributed by atoms with E-state index >= 15 is 0 Å². The fourth-order valence-corrected chi connectivity index (χ4v) is 3.36. The van der Waals surface area contributed by atoms with Gasteiger partial charge in [-0.05, 0) is 24.3 Å². The minimum atomic E-state index is -1.29. The van der Waals surface area contributed by atoms with Gasteiger partial charge in [-0.15, -0.1) is 0 Å². The van der Waals surface area contributed by atoms with Crippen LogP contribution in [0.2, 0.25) is 0 Å². The predicted octanol–water partition coefficient (Wildman–Crippen LogP) is 3.23. The Labute approximate surface area is 126 Å². The molecule has 0 aliphatic heterocycles. The summed E-state index contributed by atoms with van der Waals surface area (Å²) in [7, 11) is 3.19. The summed E-state index contributed by atoms with van der Waals surface area (Å²) in [5.41, 5.74) is 0.842. The monoisotopic (exact) mass is 301 g/mol. The predicted molar refractivity (Wildman–Crippen MR) is 83.3 cm³/mol. The van der Waals surface area contributed by atoms with Crippen molar-refractivity contribution in [2.75, 3.05) is 14.2 Å². The number of fused-ring (bicyclic) bond motifs is 1. The summed E-state index contributed by atoms with van der Waals surface area (Å²) < 4.78 is 25.0. The summed E-state index contributed by atoms with van der Waals surface area (Å²) in [6.45, 7) is 0. The molecule has 0 saturated carbocycles. The maximum atomic E-state index is 12.7. The van der Waals surface area contributed by atoms with Crippen LogP contribution in [0, 0.1) is 0 Å². The van der Waals surface area contributed by atoms with E-state index in [0.717, 1.165) is 15.8 Å². The summed E-state index contributed by atoms with van der Waals surface area (Å²) in [6.07, 6.45) is 1.81. The van der Waals surface area contributed by atoms with E-state index in [4.69, 9.17) is 9.47 Å². The molecular formula is C16H15NO3S. The Bertz CT molecular complexity index is 755. The first kappa shape index (κ1) is 13.9. The lowest BCUT2D eigenvalue weighted by molar-refractivity contribution is 0.356. The summed E-state index contributed by atoms with van der Waals surface area (Å²) in [4.78, 5) is 0.754. The molecule has 1 unspecified atom stereocenters. The van der Waals surface area contributed by atoms with E-state index in [1.165, 1.54) is 0 Å². The molecule has 1 heterocycles. The van der Waals surface area contributed by atoms with Gasteiger partial charge in [-0.2, -0.15) is 3.97 Å². The Morgan fingerprint density at radius 3 is 2.29 bits per heavy atom. The van der Waals surface area contributed by atoms with Crippen molar-refractivity contribution in [2.24, 2.45) is 0 Å². The van der Waals surface area contributed by atoms with E-state index in [2.05, 4.69) is 0 Å². The highest BCUT2D eigenvalue weighted by atomic mass is 32.2. The number of hydrogen-bond acceptors (Lipinski definition) is 3. The molecule has 0 aliphatic carbocycles. The van der Waals surface area contributed by atoms with E-state index in [1.54, 1.807) is 18.2 Å².